The molecule has 0 spiro atoms. The molecule has 0 aromatic carbocycles. The van der Waals surface area contributed by atoms with Crippen molar-refractivity contribution in [2.75, 3.05) is 6.61 Å². The maximum Gasteiger partial charge on any atom is 0.303 e. The minimum atomic E-state index is -1.43. The molecule has 8 heteroatoms. The average Bonchev–Trinajstić information content (AvgIpc) is 2.66. The van der Waals surface area contributed by atoms with Crippen LogP contribution in [0.4, 0.5) is 0 Å². The summed E-state index contributed by atoms with van der Waals surface area (Å²) < 4.78 is 11.3. The standard InChI is InChI=1S/C24H36O7.Ac/c1-11-8-16-23(28,10-30-16)19-13(3)24(29)9-15(26)12(2)17(21(24,5)6)18(31-14(4)25)20(27)22(11,19)7;/h11,13,15-16,18-19,26,28-29H,8-10H2,1-7H3;/t11-,13-,15?,16?,18?,19?,22+,23?,24?;/m0./s1. The predicted molar refractivity (Wildman–Crippen MR) is 112 cm³/mol. The summed E-state index contributed by atoms with van der Waals surface area (Å²) in [4.78, 5) is 26.4. The van der Waals surface area contributed by atoms with E-state index in [1.165, 1.54) is 6.92 Å². The zero-order valence-corrected chi connectivity index (χ0v) is 24.9. The molecule has 0 aromatic heterocycles. The maximum absolute atomic E-state index is 14.3. The van der Waals surface area contributed by atoms with Gasteiger partial charge in [0.05, 0.1) is 24.4 Å². The molecule has 3 N–H and O–H groups in total. The molecular formula is C24H36AcO7. The molecule has 1 heterocycles. The van der Waals surface area contributed by atoms with Crippen LogP contribution < -0.4 is 0 Å². The van der Waals surface area contributed by atoms with Crippen molar-refractivity contribution in [3.8, 4) is 0 Å². The molecule has 3 fully saturated rings. The van der Waals surface area contributed by atoms with E-state index in [4.69, 9.17) is 9.47 Å². The Morgan fingerprint density at radius 2 is 1.78 bits per heavy atom. The van der Waals surface area contributed by atoms with Gasteiger partial charge in [0.1, 0.15) is 5.60 Å². The molecule has 1 radical (unpaired) electrons. The summed E-state index contributed by atoms with van der Waals surface area (Å²) in [5, 5.41) is 34.8. The van der Waals surface area contributed by atoms with Gasteiger partial charge in [-0.15, -0.1) is 0 Å². The fourth-order valence-corrected chi connectivity index (χ4v) is 7.54. The maximum atomic E-state index is 14.3. The van der Waals surface area contributed by atoms with Crippen LogP contribution in [0.2, 0.25) is 0 Å². The summed E-state index contributed by atoms with van der Waals surface area (Å²) in [5.41, 5.74) is -3.67. The fourth-order valence-electron chi connectivity index (χ4n) is 7.54. The van der Waals surface area contributed by atoms with Crippen LogP contribution >= 0.6 is 0 Å². The number of carbonyl (C=O) groups is 2. The second kappa shape index (κ2) is 8.10. The largest absolute Gasteiger partial charge is 0.450 e. The molecule has 4 rings (SSSR count). The van der Waals surface area contributed by atoms with Gasteiger partial charge in [-0.3, -0.25) is 9.59 Å². The summed E-state index contributed by atoms with van der Waals surface area (Å²) in [6.07, 6.45) is -2.01. The molecule has 4 aliphatic rings. The van der Waals surface area contributed by atoms with Crippen LogP contribution in [0, 0.1) is 72.6 Å². The van der Waals surface area contributed by atoms with E-state index < -0.39 is 58.1 Å². The Bertz CT molecular complexity index is 868. The van der Waals surface area contributed by atoms with Gasteiger partial charge in [0, 0.05) is 74.2 Å². The Hall–Kier alpha value is 0.162. The van der Waals surface area contributed by atoms with Crippen molar-refractivity contribution in [3.05, 3.63) is 11.1 Å². The van der Waals surface area contributed by atoms with E-state index >= 15 is 0 Å². The van der Waals surface area contributed by atoms with Gasteiger partial charge in [0.15, 0.2) is 11.9 Å². The van der Waals surface area contributed by atoms with Gasteiger partial charge in [-0.1, -0.05) is 34.6 Å². The molecule has 1 aliphatic heterocycles. The summed E-state index contributed by atoms with van der Waals surface area (Å²) in [7, 11) is 0. The first-order valence-corrected chi connectivity index (χ1v) is 11.3. The van der Waals surface area contributed by atoms with Crippen molar-refractivity contribution in [3.63, 3.8) is 0 Å². The number of esters is 1. The van der Waals surface area contributed by atoms with Gasteiger partial charge < -0.3 is 24.8 Å². The molecule has 7 nitrogen and oxygen atoms in total. The van der Waals surface area contributed by atoms with Crippen LogP contribution in [0.25, 0.3) is 0 Å². The van der Waals surface area contributed by atoms with E-state index in [-0.39, 0.29) is 68.8 Å². The predicted octanol–water partition coefficient (Wildman–Crippen LogP) is 1.77. The molecule has 2 saturated carbocycles. The Morgan fingerprint density at radius 3 is 2.28 bits per heavy atom. The van der Waals surface area contributed by atoms with E-state index in [2.05, 4.69) is 0 Å². The van der Waals surface area contributed by atoms with Crippen molar-refractivity contribution in [2.45, 2.75) is 90.8 Å². The van der Waals surface area contributed by atoms with E-state index in [1.807, 2.05) is 34.6 Å². The first-order chi connectivity index (χ1) is 14.1. The van der Waals surface area contributed by atoms with Gasteiger partial charge in [-0.2, -0.15) is 0 Å². The minimum Gasteiger partial charge on any atom is -0.450 e. The minimum absolute atomic E-state index is 0. The van der Waals surface area contributed by atoms with Crippen LogP contribution in [0.15, 0.2) is 11.1 Å². The summed E-state index contributed by atoms with van der Waals surface area (Å²) in [6.45, 7) is 12.5. The van der Waals surface area contributed by atoms with Crippen molar-refractivity contribution in [1.82, 2.24) is 0 Å². The second-order valence-electron chi connectivity index (χ2n) is 11.2. The number of hydrogen-bond acceptors (Lipinski definition) is 7. The first kappa shape index (κ1) is 26.8. The van der Waals surface area contributed by atoms with Crippen molar-refractivity contribution < 1.29 is 78.4 Å². The topological polar surface area (TPSA) is 113 Å². The average molecular weight is 664 g/mol. The number of ether oxygens (including phenoxy) is 2. The Morgan fingerprint density at radius 1 is 1.19 bits per heavy atom. The zero-order valence-electron chi connectivity index (χ0n) is 20.1. The molecule has 0 aromatic rings. The number of Topliss-reactive ketones (excluding diaryl/α,β-unsaturated/α-hetero) is 1. The number of fused-ring (bicyclic) bond motifs is 5. The summed E-state index contributed by atoms with van der Waals surface area (Å²) in [5.74, 6) is -2.17. The van der Waals surface area contributed by atoms with Crippen LogP contribution in [0.1, 0.15) is 61.3 Å². The van der Waals surface area contributed by atoms with E-state index in [0.717, 1.165) is 0 Å². The fraction of sp³-hybridized carbons (Fsp3) is 0.833. The quantitative estimate of drug-likeness (QED) is 0.290. The number of aliphatic hydroxyl groups is 3. The smallest absolute Gasteiger partial charge is 0.303 e. The Kier molecular flexibility index (Phi) is 6.77. The normalized spacial score (nSPS) is 49.5. The van der Waals surface area contributed by atoms with Crippen molar-refractivity contribution >= 4 is 11.8 Å². The number of ketones is 1. The third-order valence-corrected chi connectivity index (χ3v) is 9.60. The number of aliphatic hydroxyl groups excluding tert-OH is 1. The van der Waals surface area contributed by atoms with Crippen LogP contribution in [0.5, 0.6) is 0 Å². The third kappa shape index (κ3) is 3.16. The Labute approximate surface area is 225 Å². The molecule has 1 saturated heterocycles. The summed E-state index contributed by atoms with van der Waals surface area (Å²) in [6, 6.07) is 0. The number of carbonyl (C=O) groups excluding carboxylic acids is 2. The molecule has 177 valence electrons. The van der Waals surface area contributed by atoms with Gasteiger partial charge in [0.2, 0.25) is 0 Å². The van der Waals surface area contributed by atoms with E-state index in [9.17, 15) is 24.9 Å². The van der Waals surface area contributed by atoms with Gasteiger partial charge >= 0.3 is 5.97 Å². The van der Waals surface area contributed by atoms with Crippen LogP contribution in [-0.4, -0.2) is 63.2 Å². The second-order valence-corrected chi connectivity index (χ2v) is 11.2. The molecule has 2 bridgehead atoms. The molecule has 32 heavy (non-hydrogen) atoms. The zero-order chi connectivity index (χ0) is 23.3. The van der Waals surface area contributed by atoms with Gasteiger partial charge in [-0.25, -0.2) is 0 Å². The summed E-state index contributed by atoms with van der Waals surface area (Å²) >= 11 is 0. The number of hydrogen-bond donors (Lipinski definition) is 3. The molecule has 6 unspecified atom stereocenters. The molecular weight excluding hydrogens is 627 g/mol. The van der Waals surface area contributed by atoms with Crippen molar-refractivity contribution in [2.24, 2.45) is 28.6 Å². The van der Waals surface area contributed by atoms with Crippen molar-refractivity contribution in [1.29, 1.82) is 0 Å². The number of rotatable bonds is 1. The third-order valence-electron chi connectivity index (χ3n) is 9.60. The Balaban J connectivity index is 0.00000289. The first-order valence-electron chi connectivity index (χ1n) is 11.3. The van der Waals surface area contributed by atoms with Gasteiger partial charge in [0.25, 0.3) is 0 Å². The van der Waals surface area contributed by atoms with Gasteiger partial charge in [-0.05, 0) is 36.3 Å². The molecule has 3 aliphatic carbocycles. The van der Waals surface area contributed by atoms with E-state index in [0.29, 0.717) is 17.6 Å². The SMILES string of the molecule is CC(=O)OC1C(=O)[C@@]2(C)C([C@H](C)C3(O)CC(O)C(C)=C1C3(C)C)C1(O)COC1C[C@@H]2C.[Ac]. The van der Waals surface area contributed by atoms with Crippen LogP contribution in [0.3, 0.4) is 0 Å². The monoisotopic (exact) mass is 663 g/mol. The van der Waals surface area contributed by atoms with Crippen LogP contribution in [-0.2, 0) is 19.1 Å². The molecule has 0 amide bonds. The molecule has 9 atom stereocenters. The van der Waals surface area contributed by atoms with E-state index in [1.54, 1.807) is 6.92 Å².